The summed E-state index contributed by atoms with van der Waals surface area (Å²) in [5.41, 5.74) is -0.958. The minimum Gasteiger partial charge on any atom is -0.306 e. The lowest BCUT2D eigenvalue weighted by Crippen LogP contribution is -2.15. The SMILES string of the molecule is O=C(Nc1ncnc2sccc12)c1cccc(C(F)(F)F)c1. The van der Waals surface area contributed by atoms with E-state index in [1.165, 1.54) is 29.8 Å². The van der Waals surface area contributed by atoms with Crippen LogP contribution in [0.4, 0.5) is 19.0 Å². The zero-order valence-electron chi connectivity index (χ0n) is 10.9. The van der Waals surface area contributed by atoms with Crippen LogP contribution in [-0.4, -0.2) is 15.9 Å². The third kappa shape index (κ3) is 2.77. The number of hydrogen-bond acceptors (Lipinski definition) is 4. The highest BCUT2D eigenvalue weighted by Gasteiger charge is 2.30. The number of aromatic nitrogens is 2. The van der Waals surface area contributed by atoms with Gasteiger partial charge in [-0.1, -0.05) is 6.07 Å². The number of alkyl halides is 3. The number of nitrogens with zero attached hydrogens (tertiary/aromatic N) is 2. The van der Waals surface area contributed by atoms with Gasteiger partial charge >= 0.3 is 6.18 Å². The summed E-state index contributed by atoms with van der Waals surface area (Å²) in [6.07, 6.45) is -3.20. The van der Waals surface area contributed by atoms with Gasteiger partial charge in [0.1, 0.15) is 17.0 Å². The highest BCUT2D eigenvalue weighted by Crippen LogP contribution is 2.30. The van der Waals surface area contributed by atoms with Gasteiger partial charge in [-0.15, -0.1) is 11.3 Å². The molecule has 112 valence electrons. The molecular formula is C14H8F3N3OS. The lowest BCUT2D eigenvalue weighted by Gasteiger charge is -2.09. The quantitative estimate of drug-likeness (QED) is 0.776. The van der Waals surface area contributed by atoms with E-state index in [0.29, 0.717) is 10.2 Å². The van der Waals surface area contributed by atoms with Crippen molar-refractivity contribution in [2.75, 3.05) is 5.32 Å². The van der Waals surface area contributed by atoms with E-state index in [2.05, 4.69) is 15.3 Å². The van der Waals surface area contributed by atoms with E-state index in [0.717, 1.165) is 12.1 Å². The average molecular weight is 323 g/mol. The van der Waals surface area contributed by atoms with Crippen molar-refractivity contribution in [3.05, 3.63) is 53.2 Å². The number of fused-ring (bicyclic) bond motifs is 1. The molecule has 3 aromatic rings. The van der Waals surface area contributed by atoms with Gasteiger partial charge in [-0.05, 0) is 29.6 Å². The smallest absolute Gasteiger partial charge is 0.306 e. The Balaban J connectivity index is 1.90. The van der Waals surface area contributed by atoms with E-state index in [9.17, 15) is 18.0 Å². The summed E-state index contributed by atoms with van der Waals surface area (Å²) in [6.45, 7) is 0. The van der Waals surface area contributed by atoms with Crippen LogP contribution in [0.25, 0.3) is 10.2 Å². The first-order valence-corrected chi connectivity index (χ1v) is 7.00. The van der Waals surface area contributed by atoms with Gasteiger partial charge < -0.3 is 5.32 Å². The first-order valence-electron chi connectivity index (χ1n) is 6.12. The Morgan fingerprint density at radius 2 is 2.00 bits per heavy atom. The van der Waals surface area contributed by atoms with Gasteiger partial charge in [0, 0.05) is 5.56 Å². The molecule has 0 aliphatic heterocycles. The Kier molecular flexibility index (Phi) is 3.53. The van der Waals surface area contributed by atoms with E-state index in [1.807, 2.05) is 0 Å². The van der Waals surface area contributed by atoms with Crippen molar-refractivity contribution in [3.8, 4) is 0 Å². The normalized spacial score (nSPS) is 11.6. The largest absolute Gasteiger partial charge is 0.416 e. The van der Waals surface area contributed by atoms with Gasteiger partial charge in [0.2, 0.25) is 0 Å². The number of benzene rings is 1. The fraction of sp³-hybridized carbons (Fsp3) is 0.0714. The van der Waals surface area contributed by atoms with E-state index in [1.54, 1.807) is 11.4 Å². The molecule has 4 nitrogen and oxygen atoms in total. The van der Waals surface area contributed by atoms with Crippen LogP contribution < -0.4 is 5.32 Å². The van der Waals surface area contributed by atoms with Crippen LogP contribution >= 0.6 is 11.3 Å². The second-order valence-corrected chi connectivity index (χ2v) is 5.29. The fourth-order valence-corrected chi connectivity index (χ4v) is 2.64. The summed E-state index contributed by atoms with van der Waals surface area (Å²) < 4.78 is 38.0. The van der Waals surface area contributed by atoms with Crippen molar-refractivity contribution in [2.24, 2.45) is 0 Å². The third-order valence-electron chi connectivity index (χ3n) is 2.95. The Hall–Kier alpha value is -2.48. The van der Waals surface area contributed by atoms with E-state index in [4.69, 9.17) is 0 Å². The molecule has 22 heavy (non-hydrogen) atoms. The van der Waals surface area contributed by atoms with Gasteiger partial charge in [0.05, 0.1) is 10.9 Å². The third-order valence-corrected chi connectivity index (χ3v) is 3.77. The Morgan fingerprint density at radius 3 is 2.77 bits per heavy atom. The summed E-state index contributed by atoms with van der Waals surface area (Å²) in [4.78, 5) is 20.8. The van der Waals surface area contributed by atoms with E-state index in [-0.39, 0.29) is 11.4 Å². The maximum Gasteiger partial charge on any atom is 0.416 e. The molecule has 3 rings (SSSR count). The minimum absolute atomic E-state index is 0.0863. The molecule has 1 aromatic carbocycles. The first kappa shape index (κ1) is 14.5. The standard InChI is InChI=1S/C14H8F3N3OS/c15-14(16,17)9-3-1-2-8(6-9)12(21)20-11-10-4-5-22-13(10)19-7-18-11/h1-7H,(H,18,19,20,21). The zero-order valence-corrected chi connectivity index (χ0v) is 11.7. The zero-order chi connectivity index (χ0) is 15.7. The van der Waals surface area contributed by atoms with Crippen molar-refractivity contribution in [1.82, 2.24) is 9.97 Å². The molecule has 8 heteroatoms. The van der Waals surface area contributed by atoms with Crippen molar-refractivity contribution >= 4 is 33.3 Å². The highest BCUT2D eigenvalue weighted by molar-refractivity contribution is 7.16. The molecule has 0 radical (unpaired) electrons. The molecule has 0 aliphatic rings. The van der Waals surface area contributed by atoms with Crippen LogP contribution in [0.5, 0.6) is 0 Å². The summed E-state index contributed by atoms with van der Waals surface area (Å²) in [5.74, 6) is -0.383. The predicted molar refractivity (Wildman–Crippen MR) is 76.8 cm³/mol. The number of hydrogen-bond donors (Lipinski definition) is 1. The number of anilines is 1. The number of rotatable bonds is 2. The number of thiophene rings is 1. The van der Waals surface area contributed by atoms with Gasteiger partial charge in [-0.25, -0.2) is 9.97 Å². The van der Waals surface area contributed by atoms with Crippen molar-refractivity contribution in [2.45, 2.75) is 6.18 Å². The number of carbonyl (C=O) groups excluding carboxylic acids is 1. The molecule has 0 spiro atoms. The maximum absolute atomic E-state index is 12.7. The second-order valence-electron chi connectivity index (χ2n) is 4.39. The first-order chi connectivity index (χ1) is 10.4. The number of amides is 1. The molecule has 0 fully saturated rings. The van der Waals surface area contributed by atoms with Crippen LogP contribution in [0.3, 0.4) is 0 Å². The molecule has 2 aromatic heterocycles. The summed E-state index contributed by atoms with van der Waals surface area (Å²) >= 11 is 1.38. The topological polar surface area (TPSA) is 54.9 Å². The molecule has 0 saturated carbocycles. The van der Waals surface area contributed by atoms with Crippen LogP contribution in [-0.2, 0) is 6.18 Å². The van der Waals surface area contributed by atoms with Crippen LogP contribution in [0.1, 0.15) is 15.9 Å². The Morgan fingerprint density at radius 1 is 1.18 bits per heavy atom. The van der Waals surface area contributed by atoms with E-state index >= 15 is 0 Å². The fourth-order valence-electron chi connectivity index (χ4n) is 1.91. The average Bonchev–Trinajstić information content (AvgIpc) is 2.96. The molecule has 0 atom stereocenters. The highest BCUT2D eigenvalue weighted by atomic mass is 32.1. The summed E-state index contributed by atoms with van der Waals surface area (Å²) in [5, 5.41) is 4.95. The summed E-state index contributed by atoms with van der Waals surface area (Å²) in [6, 6.07) is 5.97. The molecule has 0 aliphatic carbocycles. The number of nitrogens with one attached hydrogen (secondary N) is 1. The van der Waals surface area contributed by atoms with Crippen molar-refractivity contribution < 1.29 is 18.0 Å². The van der Waals surface area contributed by atoms with Crippen molar-refractivity contribution in [1.29, 1.82) is 0 Å². The van der Waals surface area contributed by atoms with Crippen molar-refractivity contribution in [3.63, 3.8) is 0 Å². The summed E-state index contributed by atoms with van der Waals surface area (Å²) in [7, 11) is 0. The van der Waals surface area contributed by atoms with Crippen LogP contribution in [0, 0.1) is 0 Å². The molecular weight excluding hydrogens is 315 g/mol. The molecule has 0 unspecified atom stereocenters. The van der Waals surface area contributed by atoms with Crippen LogP contribution in [0.15, 0.2) is 42.0 Å². The van der Waals surface area contributed by atoms with E-state index < -0.39 is 17.6 Å². The Labute approximate surface area is 126 Å². The minimum atomic E-state index is -4.49. The number of halogens is 3. The molecule has 2 heterocycles. The molecule has 0 saturated heterocycles. The molecule has 1 amide bonds. The van der Waals surface area contributed by atoms with Gasteiger partial charge in [0.25, 0.3) is 5.91 Å². The van der Waals surface area contributed by atoms with Crippen LogP contribution in [0.2, 0.25) is 0 Å². The molecule has 1 N–H and O–H groups in total. The maximum atomic E-state index is 12.7. The predicted octanol–water partition coefficient (Wildman–Crippen LogP) is 3.96. The van der Waals surface area contributed by atoms with Gasteiger partial charge in [0.15, 0.2) is 0 Å². The monoisotopic (exact) mass is 323 g/mol. The lowest BCUT2D eigenvalue weighted by molar-refractivity contribution is -0.137. The molecule has 0 bridgehead atoms. The lowest BCUT2D eigenvalue weighted by atomic mass is 10.1. The number of carbonyl (C=O) groups is 1. The second kappa shape index (κ2) is 5.38. The van der Waals surface area contributed by atoms with Gasteiger partial charge in [-0.2, -0.15) is 13.2 Å². The Bertz CT molecular complexity index is 844. The van der Waals surface area contributed by atoms with Gasteiger partial charge in [-0.3, -0.25) is 4.79 Å².